The van der Waals surface area contributed by atoms with Crippen molar-refractivity contribution in [2.75, 3.05) is 0 Å². The first kappa shape index (κ1) is 18.0. The van der Waals surface area contributed by atoms with E-state index in [0.717, 1.165) is 16.7 Å². The Morgan fingerprint density at radius 1 is 0.720 bits per heavy atom. The van der Waals surface area contributed by atoms with Gasteiger partial charge in [-0.3, -0.25) is 0 Å². The van der Waals surface area contributed by atoms with E-state index in [1.807, 2.05) is 78.9 Å². The third-order valence-corrected chi connectivity index (χ3v) is 4.88. The van der Waals surface area contributed by atoms with Gasteiger partial charge in [0.1, 0.15) is 0 Å². The van der Waals surface area contributed by atoms with Gasteiger partial charge in [-0.1, -0.05) is 89.9 Å². The molecule has 128 valence electrons. The predicted octanol–water partition coefficient (Wildman–Crippen LogP) is 5.56. The number of halogens is 2. The van der Waals surface area contributed by atoms with Gasteiger partial charge in [0.25, 0.3) is 0 Å². The van der Waals surface area contributed by atoms with Crippen molar-refractivity contribution in [2.45, 2.75) is 18.7 Å². The Morgan fingerprint density at radius 2 is 1.24 bits per heavy atom. The lowest BCUT2D eigenvalue weighted by molar-refractivity contribution is 0.127. The van der Waals surface area contributed by atoms with Crippen molar-refractivity contribution in [1.82, 2.24) is 5.32 Å². The molecule has 0 saturated carbocycles. The Bertz CT molecular complexity index is 788. The lowest BCUT2D eigenvalue weighted by Gasteiger charge is -2.25. The average molecular weight is 372 g/mol. The first-order chi connectivity index (χ1) is 12.2. The third kappa shape index (κ3) is 4.42. The Labute approximate surface area is 158 Å². The smallest absolute Gasteiger partial charge is 0.0984 e. The monoisotopic (exact) mass is 371 g/mol. The van der Waals surface area contributed by atoms with Gasteiger partial charge in [0, 0.05) is 22.2 Å². The normalized spacial score (nSPS) is 13.4. The number of aliphatic hydroxyl groups is 1. The summed E-state index contributed by atoms with van der Waals surface area (Å²) in [7, 11) is 0. The van der Waals surface area contributed by atoms with Crippen LogP contribution in [0, 0.1) is 0 Å². The van der Waals surface area contributed by atoms with E-state index in [1.54, 1.807) is 0 Å². The summed E-state index contributed by atoms with van der Waals surface area (Å²) in [6, 6.07) is 24.7. The van der Waals surface area contributed by atoms with Crippen molar-refractivity contribution in [3.05, 3.63) is 106 Å². The first-order valence-electron chi connectivity index (χ1n) is 8.11. The second kappa shape index (κ2) is 8.50. The molecule has 0 aromatic heterocycles. The largest absolute Gasteiger partial charge is 0.386 e. The molecule has 0 aliphatic rings. The van der Waals surface area contributed by atoms with Crippen LogP contribution in [0.1, 0.15) is 28.8 Å². The molecule has 0 aliphatic carbocycles. The van der Waals surface area contributed by atoms with Crippen LogP contribution >= 0.6 is 23.2 Å². The number of hydrogen-bond donors (Lipinski definition) is 2. The van der Waals surface area contributed by atoms with Gasteiger partial charge in [0.2, 0.25) is 0 Å². The van der Waals surface area contributed by atoms with Gasteiger partial charge in [-0.15, -0.1) is 0 Å². The minimum absolute atomic E-state index is 0.282. The van der Waals surface area contributed by atoms with Crippen molar-refractivity contribution in [3.8, 4) is 0 Å². The maximum Gasteiger partial charge on any atom is 0.0984 e. The van der Waals surface area contributed by atoms with Gasteiger partial charge in [-0.05, 0) is 23.3 Å². The van der Waals surface area contributed by atoms with Gasteiger partial charge in [0.05, 0.1) is 12.1 Å². The van der Waals surface area contributed by atoms with Crippen LogP contribution in [0.4, 0.5) is 0 Å². The van der Waals surface area contributed by atoms with Gasteiger partial charge in [-0.25, -0.2) is 0 Å². The molecule has 0 aliphatic heterocycles. The highest BCUT2D eigenvalue weighted by atomic mass is 35.5. The van der Waals surface area contributed by atoms with Crippen LogP contribution in [0.3, 0.4) is 0 Å². The molecule has 3 aromatic rings. The molecule has 0 amide bonds. The van der Waals surface area contributed by atoms with E-state index in [0.29, 0.717) is 16.6 Å². The Kier molecular flexibility index (Phi) is 6.11. The molecule has 3 rings (SSSR count). The maximum atomic E-state index is 10.9. The topological polar surface area (TPSA) is 32.3 Å². The number of benzene rings is 3. The van der Waals surface area contributed by atoms with Crippen LogP contribution in [0.25, 0.3) is 0 Å². The number of aliphatic hydroxyl groups excluding tert-OH is 1. The molecule has 0 bridgehead atoms. The van der Waals surface area contributed by atoms with Crippen molar-refractivity contribution in [3.63, 3.8) is 0 Å². The molecule has 0 heterocycles. The molecule has 0 radical (unpaired) electrons. The maximum absolute atomic E-state index is 10.9. The summed E-state index contributed by atoms with van der Waals surface area (Å²) in [5, 5.41) is 15.6. The minimum Gasteiger partial charge on any atom is -0.386 e. The van der Waals surface area contributed by atoms with Gasteiger partial charge >= 0.3 is 0 Å². The van der Waals surface area contributed by atoms with Gasteiger partial charge in [-0.2, -0.15) is 0 Å². The molecule has 3 aromatic carbocycles. The molecule has 25 heavy (non-hydrogen) atoms. The number of rotatable bonds is 6. The molecule has 0 spiro atoms. The van der Waals surface area contributed by atoms with Crippen LogP contribution in [0.5, 0.6) is 0 Å². The highest BCUT2D eigenvalue weighted by molar-refractivity contribution is 6.35. The summed E-state index contributed by atoms with van der Waals surface area (Å²) in [6.07, 6.45) is -0.690. The summed E-state index contributed by atoms with van der Waals surface area (Å²) < 4.78 is 0. The quantitative estimate of drug-likeness (QED) is 0.594. The van der Waals surface area contributed by atoms with Crippen molar-refractivity contribution in [2.24, 2.45) is 0 Å². The zero-order valence-corrected chi connectivity index (χ0v) is 15.1. The van der Waals surface area contributed by atoms with Crippen molar-refractivity contribution >= 4 is 23.2 Å². The molecule has 2 N–H and O–H groups in total. The molecular weight excluding hydrogens is 353 g/mol. The summed E-state index contributed by atoms with van der Waals surface area (Å²) in [5.41, 5.74) is 2.68. The molecule has 0 unspecified atom stereocenters. The molecule has 4 heteroatoms. The van der Waals surface area contributed by atoms with Crippen LogP contribution in [0.2, 0.25) is 10.0 Å². The first-order valence-corrected chi connectivity index (χ1v) is 8.86. The number of nitrogens with one attached hydrogen (secondary N) is 1. The molecule has 0 saturated heterocycles. The van der Waals surface area contributed by atoms with Crippen LogP contribution < -0.4 is 5.32 Å². The fourth-order valence-electron chi connectivity index (χ4n) is 2.83. The predicted molar refractivity (Wildman–Crippen MR) is 104 cm³/mol. The molecule has 2 nitrogen and oxygen atoms in total. The van der Waals surface area contributed by atoms with E-state index in [9.17, 15) is 5.11 Å². The van der Waals surface area contributed by atoms with E-state index >= 15 is 0 Å². The average Bonchev–Trinajstić information content (AvgIpc) is 2.65. The van der Waals surface area contributed by atoms with Crippen LogP contribution in [-0.2, 0) is 6.54 Å². The minimum atomic E-state index is -0.690. The fourth-order valence-corrected chi connectivity index (χ4v) is 3.36. The summed E-state index contributed by atoms with van der Waals surface area (Å²) in [5.74, 6) is 0. The zero-order chi connectivity index (χ0) is 17.6. The Morgan fingerprint density at radius 3 is 1.80 bits per heavy atom. The SMILES string of the molecule is O[C@H](c1ccccc1)[C@@H](NCc1c(Cl)cccc1Cl)c1ccccc1. The summed E-state index contributed by atoms with van der Waals surface area (Å²) in [4.78, 5) is 0. The molecule has 2 atom stereocenters. The lowest BCUT2D eigenvalue weighted by atomic mass is 9.95. The molecule has 0 fully saturated rings. The van der Waals surface area contributed by atoms with Crippen LogP contribution in [-0.4, -0.2) is 5.11 Å². The van der Waals surface area contributed by atoms with E-state index in [2.05, 4.69) is 5.32 Å². The third-order valence-electron chi connectivity index (χ3n) is 4.18. The number of hydrogen-bond acceptors (Lipinski definition) is 2. The summed E-state index contributed by atoms with van der Waals surface area (Å²) in [6.45, 7) is 0.460. The van der Waals surface area contributed by atoms with E-state index in [4.69, 9.17) is 23.2 Å². The second-order valence-corrected chi connectivity index (χ2v) is 6.64. The van der Waals surface area contributed by atoms with E-state index in [1.165, 1.54) is 0 Å². The standard InChI is InChI=1S/C21H19Cl2NO/c22-18-12-7-13-19(23)17(18)14-24-20(15-8-3-1-4-9-15)21(25)16-10-5-2-6-11-16/h1-13,20-21,24-25H,14H2/t20-,21+/m0/s1. The van der Waals surface area contributed by atoms with Gasteiger partial charge < -0.3 is 10.4 Å². The molecular formula is C21H19Cl2NO. The van der Waals surface area contributed by atoms with E-state index in [-0.39, 0.29) is 6.04 Å². The lowest BCUT2D eigenvalue weighted by Crippen LogP contribution is -2.27. The highest BCUT2D eigenvalue weighted by Gasteiger charge is 2.22. The van der Waals surface area contributed by atoms with E-state index < -0.39 is 6.10 Å². The second-order valence-electron chi connectivity index (χ2n) is 5.82. The summed E-state index contributed by atoms with van der Waals surface area (Å²) >= 11 is 12.5. The van der Waals surface area contributed by atoms with Crippen molar-refractivity contribution in [1.29, 1.82) is 0 Å². The fraction of sp³-hybridized carbons (Fsp3) is 0.143. The van der Waals surface area contributed by atoms with Crippen LogP contribution in [0.15, 0.2) is 78.9 Å². The highest BCUT2D eigenvalue weighted by Crippen LogP contribution is 2.31. The Hall–Kier alpha value is -1.84. The Balaban J connectivity index is 1.87. The zero-order valence-electron chi connectivity index (χ0n) is 13.6. The van der Waals surface area contributed by atoms with Gasteiger partial charge in [0.15, 0.2) is 0 Å². The van der Waals surface area contributed by atoms with Crippen molar-refractivity contribution < 1.29 is 5.11 Å².